The molecule has 0 saturated heterocycles. The summed E-state index contributed by atoms with van der Waals surface area (Å²) in [6, 6.07) is 7.68. The Labute approximate surface area is 195 Å². The van der Waals surface area contributed by atoms with Crippen molar-refractivity contribution in [1.82, 2.24) is 15.1 Å². The van der Waals surface area contributed by atoms with Crippen molar-refractivity contribution in [3.63, 3.8) is 0 Å². The molecule has 7 heteroatoms. The summed E-state index contributed by atoms with van der Waals surface area (Å²) >= 11 is 0. The highest BCUT2D eigenvalue weighted by Crippen LogP contribution is 2.35. The predicted molar refractivity (Wildman–Crippen MR) is 127 cm³/mol. The Hall–Kier alpha value is -2.70. The molecule has 1 fully saturated rings. The number of halogens is 1. The lowest BCUT2D eigenvalue weighted by Crippen LogP contribution is -2.65. The van der Waals surface area contributed by atoms with Crippen molar-refractivity contribution in [3.05, 3.63) is 47.5 Å². The van der Waals surface area contributed by atoms with Crippen LogP contribution in [0.5, 0.6) is 0 Å². The van der Waals surface area contributed by atoms with Gasteiger partial charge < -0.3 is 5.32 Å². The predicted octanol–water partition coefficient (Wildman–Crippen LogP) is 4.97. The van der Waals surface area contributed by atoms with Crippen molar-refractivity contribution in [1.29, 1.82) is 0 Å². The normalized spacial score (nSPS) is 22.5. The monoisotopic (exact) mass is 454 g/mol. The van der Waals surface area contributed by atoms with Crippen molar-refractivity contribution in [2.45, 2.75) is 96.2 Å². The Balaban J connectivity index is 1.72. The van der Waals surface area contributed by atoms with Crippen molar-refractivity contribution < 1.29 is 14.0 Å². The van der Waals surface area contributed by atoms with Crippen LogP contribution < -0.4 is 10.2 Å². The fourth-order valence-electron chi connectivity index (χ4n) is 4.88. The molecule has 0 bridgehead atoms. The SMILES string of the molecule is CC(C)(C)c1cc2n(n1)CC(C)(C(=O)NC1CCCCCCC1)N(c1ccc(F)cc1)C2=O. The van der Waals surface area contributed by atoms with E-state index in [1.54, 1.807) is 23.7 Å². The highest BCUT2D eigenvalue weighted by Gasteiger charge is 2.49. The third kappa shape index (κ3) is 4.68. The van der Waals surface area contributed by atoms with Crippen molar-refractivity contribution >= 4 is 17.5 Å². The molecular weight excluding hydrogens is 419 g/mol. The Morgan fingerprint density at radius 1 is 1.09 bits per heavy atom. The van der Waals surface area contributed by atoms with Crippen LogP contribution in [-0.2, 0) is 16.8 Å². The van der Waals surface area contributed by atoms with E-state index in [0.717, 1.165) is 31.4 Å². The second-order valence-corrected chi connectivity index (χ2v) is 10.7. The van der Waals surface area contributed by atoms with Gasteiger partial charge in [-0.1, -0.05) is 52.9 Å². The van der Waals surface area contributed by atoms with Gasteiger partial charge in [-0.05, 0) is 50.1 Å². The maximum absolute atomic E-state index is 13.8. The molecule has 1 aromatic heterocycles. The third-order valence-corrected chi connectivity index (χ3v) is 6.94. The Kier molecular flexibility index (Phi) is 6.34. The summed E-state index contributed by atoms with van der Waals surface area (Å²) in [5.74, 6) is -0.876. The van der Waals surface area contributed by atoms with E-state index < -0.39 is 5.54 Å². The minimum absolute atomic E-state index is 0.101. The molecule has 1 atom stereocenters. The van der Waals surface area contributed by atoms with Crippen LogP contribution in [0.4, 0.5) is 10.1 Å². The number of rotatable bonds is 3. The molecule has 178 valence electrons. The first kappa shape index (κ1) is 23.5. The van der Waals surface area contributed by atoms with Gasteiger partial charge in [0, 0.05) is 17.1 Å². The van der Waals surface area contributed by atoms with Crippen molar-refractivity contribution in [2.24, 2.45) is 0 Å². The zero-order chi connectivity index (χ0) is 23.8. The minimum Gasteiger partial charge on any atom is -0.351 e. The van der Waals surface area contributed by atoms with Gasteiger partial charge in [-0.3, -0.25) is 19.2 Å². The molecule has 1 aliphatic carbocycles. The summed E-state index contributed by atoms with van der Waals surface area (Å²) in [4.78, 5) is 29.0. The van der Waals surface area contributed by atoms with Crippen LogP contribution in [0.1, 0.15) is 88.8 Å². The molecule has 0 spiro atoms. The van der Waals surface area contributed by atoms with Crippen LogP contribution in [-0.4, -0.2) is 33.2 Å². The van der Waals surface area contributed by atoms with Crippen LogP contribution in [0.2, 0.25) is 0 Å². The van der Waals surface area contributed by atoms with Crippen LogP contribution in [0, 0.1) is 5.82 Å². The number of nitrogens with one attached hydrogen (secondary N) is 1. The minimum atomic E-state index is -1.19. The highest BCUT2D eigenvalue weighted by molar-refractivity contribution is 6.11. The highest BCUT2D eigenvalue weighted by atomic mass is 19.1. The second-order valence-electron chi connectivity index (χ2n) is 10.7. The van der Waals surface area contributed by atoms with Crippen molar-refractivity contribution in [2.75, 3.05) is 4.90 Å². The summed E-state index contributed by atoms with van der Waals surface area (Å²) in [6.45, 7) is 8.16. The average molecular weight is 455 g/mol. The Morgan fingerprint density at radius 3 is 2.30 bits per heavy atom. The van der Waals surface area contributed by atoms with Crippen LogP contribution in [0.15, 0.2) is 30.3 Å². The fourth-order valence-corrected chi connectivity index (χ4v) is 4.88. The maximum Gasteiger partial charge on any atom is 0.277 e. The molecule has 1 aliphatic heterocycles. The van der Waals surface area contributed by atoms with E-state index in [2.05, 4.69) is 5.32 Å². The number of carbonyl (C=O) groups is 2. The number of hydrogen-bond acceptors (Lipinski definition) is 3. The molecule has 1 aromatic carbocycles. The van der Waals surface area contributed by atoms with Gasteiger partial charge >= 0.3 is 0 Å². The Morgan fingerprint density at radius 2 is 1.70 bits per heavy atom. The quantitative estimate of drug-likeness (QED) is 0.712. The molecular formula is C26H35FN4O2. The molecule has 1 unspecified atom stereocenters. The largest absolute Gasteiger partial charge is 0.351 e. The van der Waals surface area contributed by atoms with E-state index in [0.29, 0.717) is 11.4 Å². The molecule has 6 nitrogen and oxygen atoms in total. The number of fused-ring (bicyclic) bond motifs is 1. The lowest BCUT2D eigenvalue weighted by Gasteiger charge is -2.43. The van der Waals surface area contributed by atoms with Crippen LogP contribution >= 0.6 is 0 Å². The topological polar surface area (TPSA) is 67.2 Å². The number of hydrogen-bond donors (Lipinski definition) is 1. The van der Waals surface area contributed by atoms with E-state index in [-0.39, 0.29) is 35.6 Å². The number of aromatic nitrogens is 2. The molecule has 2 amide bonds. The van der Waals surface area contributed by atoms with E-state index in [1.165, 1.54) is 36.3 Å². The van der Waals surface area contributed by atoms with Crippen LogP contribution in [0.25, 0.3) is 0 Å². The number of benzene rings is 1. The number of carbonyl (C=O) groups excluding carboxylic acids is 2. The van der Waals surface area contributed by atoms with Gasteiger partial charge in [0.25, 0.3) is 5.91 Å². The average Bonchev–Trinajstić information content (AvgIpc) is 3.16. The third-order valence-electron chi connectivity index (χ3n) is 6.94. The van der Waals surface area contributed by atoms with Gasteiger partial charge in [0.1, 0.15) is 17.1 Å². The van der Waals surface area contributed by atoms with E-state index >= 15 is 0 Å². The van der Waals surface area contributed by atoms with Crippen molar-refractivity contribution in [3.8, 4) is 0 Å². The van der Waals surface area contributed by atoms with Gasteiger partial charge in [0.15, 0.2) is 0 Å². The van der Waals surface area contributed by atoms with Gasteiger partial charge in [-0.15, -0.1) is 0 Å². The number of nitrogens with zero attached hydrogens (tertiary/aromatic N) is 3. The molecule has 2 aromatic rings. The zero-order valence-corrected chi connectivity index (χ0v) is 20.2. The summed E-state index contributed by atoms with van der Waals surface area (Å²) < 4.78 is 15.3. The fraction of sp³-hybridized carbons (Fsp3) is 0.577. The molecule has 33 heavy (non-hydrogen) atoms. The molecule has 0 radical (unpaired) electrons. The molecule has 2 heterocycles. The first-order valence-corrected chi connectivity index (χ1v) is 12.1. The standard InChI is InChI=1S/C26H35FN4O2/c1-25(2,3)22-16-21-23(32)31(20-14-12-18(27)13-15-20)26(4,17-30(21)29-22)24(33)28-19-10-8-6-5-7-9-11-19/h12-16,19H,5-11,17H2,1-4H3,(H,28,33). The second kappa shape index (κ2) is 8.92. The van der Waals surface area contributed by atoms with Gasteiger partial charge in [-0.25, -0.2) is 4.39 Å². The van der Waals surface area contributed by atoms with Crippen LogP contribution in [0.3, 0.4) is 0 Å². The zero-order valence-electron chi connectivity index (χ0n) is 20.2. The van der Waals surface area contributed by atoms with E-state index in [9.17, 15) is 14.0 Å². The molecule has 4 rings (SSSR count). The lowest BCUT2D eigenvalue weighted by molar-refractivity contribution is -0.127. The summed E-state index contributed by atoms with van der Waals surface area (Å²) in [5.41, 5.74) is 0.324. The summed E-state index contributed by atoms with van der Waals surface area (Å²) in [7, 11) is 0. The molecule has 2 aliphatic rings. The Bertz CT molecular complexity index is 1020. The van der Waals surface area contributed by atoms with Gasteiger partial charge in [-0.2, -0.15) is 5.10 Å². The summed E-state index contributed by atoms with van der Waals surface area (Å²) in [5, 5.41) is 7.94. The lowest BCUT2D eigenvalue weighted by atomic mass is 9.90. The number of anilines is 1. The number of amides is 2. The van der Waals surface area contributed by atoms with E-state index in [4.69, 9.17) is 5.10 Å². The van der Waals surface area contributed by atoms with Gasteiger partial charge in [0.2, 0.25) is 5.91 Å². The van der Waals surface area contributed by atoms with E-state index in [1.807, 2.05) is 26.8 Å². The summed E-state index contributed by atoms with van der Waals surface area (Å²) in [6.07, 6.45) is 7.73. The first-order valence-electron chi connectivity index (χ1n) is 12.1. The smallest absolute Gasteiger partial charge is 0.277 e. The molecule has 1 saturated carbocycles. The molecule has 1 N–H and O–H groups in total. The first-order chi connectivity index (χ1) is 15.6. The maximum atomic E-state index is 13.8. The van der Waals surface area contributed by atoms with Gasteiger partial charge in [0.05, 0.1) is 12.2 Å².